The molecule has 1 aromatic carbocycles. The van der Waals surface area contributed by atoms with E-state index in [1.807, 2.05) is 36.2 Å². The van der Waals surface area contributed by atoms with Gasteiger partial charge in [0.2, 0.25) is 0 Å². The zero-order chi connectivity index (χ0) is 18.7. The average molecular weight is 375 g/mol. The number of anilines is 1. The van der Waals surface area contributed by atoms with Crippen molar-refractivity contribution in [3.05, 3.63) is 52.8 Å². The number of hydrogen-bond donors (Lipinski definition) is 0. The van der Waals surface area contributed by atoms with Crippen molar-refractivity contribution in [2.75, 3.05) is 25.7 Å². The minimum Gasteiger partial charge on any atom is -0.497 e. The summed E-state index contributed by atoms with van der Waals surface area (Å²) in [6.07, 6.45) is 1.45. The molecule has 3 aromatic rings. The number of esters is 1. The molecular formula is C18H19ClN4O3. The highest BCUT2D eigenvalue weighted by atomic mass is 35.5. The Hall–Kier alpha value is -2.80. The number of aromatic nitrogens is 3. The van der Waals surface area contributed by atoms with E-state index in [2.05, 4.69) is 10.1 Å². The Kier molecular flexibility index (Phi) is 5.27. The number of hydrogen-bond acceptors (Lipinski definition) is 6. The molecule has 0 unspecified atom stereocenters. The summed E-state index contributed by atoms with van der Waals surface area (Å²) in [5.74, 6) is 1.05. The second kappa shape index (κ2) is 7.61. The van der Waals surface area contributed by atoms with E-state index in [0.717, 1.165) is 11.3 Å². The second-order valence-electron chi connectivity index (χ2n) is 5.66. The van der Waals surface area contributed by atoms with E-state index in [1.165, 1.54) is 6.20 Å². The van der Waals surface area contributed by atoms with Crippen LogP contribution in [0.2, 0.25) is 5.15 Å². The maximum atomic E-state index is 12.1. The Morgan fingerprint density at radius 3 is 2.69 bits per heavy atom. The Balaban J connectivity index is 1.94. The van der Waals surface area contributed by atoms with Crippen molar-refractivity contribution in [2.24, 2.45) is 0 Å². The predicted octanol–water partition coefficient (Wildman–Crippen LogP) is 3.20. The lowest BCUT2D eigenvalue weighted by Crippen LogP contribution is -2.20. The molecule has 26 heavy (non-hydrogen) atoms. The maximum Gasteiger partial charge on any atom is 0.343 e. The third kappa shape index (κ3) is 3.57. The highest BCUT2D eigenvalue weighted by Crippen LogP contribution is 2.23. The SMILES string of the molecule is CCOC(=O)c1cnn2c(N(C)Cc3ccc(OC)cc3)cc(Cl)nc12. The largest absolute Gasteiger partial charge is 0.497 e. The first-order valence-electron chi connectivity index (χ1n) is 8.09. The van der Waals surface area contributed by atoms with Gasteiger partial charge in [-0.15, -0.1) is 0 Å². The first-order chi connectivity index (χ1) is 12.5. The van der Waals surface area contributed by atoms with Gasteiger partial charge >= 0.3 is 5.97 Å². The number of carbonyl (C=O) groups is 1. The summed E-state index contributed by atoms with van der Waals surface area (Å²) in [6, 6.07) is 9.50. The van der Waals surface area contributed by atoms with Gasteiger partial charge in [0.05, 0.1) is 19.9 Å². The van der Waals surface area contributed by atoms with Gasteiger partial charge in [0.15, 0.2) is 5.65 Å². The Morgan fingerprint density at radius 1 is 1.31 bits per heavy atom. The van der Waals surface area contributed by atoms with Crippen molar-refractivity contribution >= 4 is 29.0 Å². The van der Waals surface area contributed by atoms with Gasteiger partial charge in [-0.25, -0.2) is 9.78 Å². The molecule has 0 saturated carbocycles. The molecule has 7 nitrogen and oxygen atoms in total. The zero-order valence-electron chi connectivity index (χ0n) is 14.8. The summed E-state index contributed by atoms with van der Waals surface area (Å²) >= 11 is 6.17. The number of methoxy groups -OCH3 is 1. The van der Waals surface area contributed by atoms with Crippen molar-refractivity contribution in [3.8, 4) is 5.75 Å². The summed E-state index contributed by atoms with van der Waals surface area (Å²) in [6.45, 7) is 2.65. The number of halogens is 1. The van der Waals surface area contributed by atoms with Gasteiger partial charge in [0, 0.05) is 19.7 Å². The first kappa shape index (κ1) is 18.0. The quantitative estimate of drug-likeness (QED) is 0.487. The average Bonchev–Trinajstić information content (AvgIpc) is 3.05. The van der Waals surface area contributed by atoms with Crippen LogP contribution in [-0.4, -0.2) is 41.3 Å². The number of carbonyl (C=O) groups excluding carboxylic acids is 1. The van der Waals surface area contributed by atoms with E-state index >= 15 is 0 Å². The second-order valence-corrected chi connectivity index (χ2v) is 6.04. The summed E-state index contributed by atoms with van der Waals surface area (Å²) in [5.41, 5.74) is 1.74. The standard InChI is InChI=1S/C18H19ClN4O3/c1-4-26-18(24)14-10-20-23-16(9-15(19)21-17(14)23)22(2)11-12-5-7-13(25-3)8-6-12/h5-10H,4,11H2,1-3H3. The molecular weight excluding hydrogens is 356 g/mol. The van der Waals surface area contributed by atoms with Crippen molar-refractivity contribution in [2.45, 2.75) is 13.5 Å². The first-order valence-corrected chi connectivity index (χ1v) is 8.46. The molecule has 0 aliphatic rings. The number of ether oxygens (including phenoxy) is 2. The predicted molar refractivity (Wildman–Crippen MR) is 99.1 cm³/mol. The van der Waals surface area contributed by atoms with Gasteiger partial charge in [-0.3, -0.25) is 0 Å². The fourth-order valence-corrected chi connectivity index (χ4v) is 2.81. The molecule has 0 spiro atoms. The van der Waals surface area contributed by atoms with E-state index in [4.69, 9.17) is 21.1 Å². The van der Waals surface area contributed by atoms with Gasteiger partial charge in [-0.1, -0.05) is 23.7 Å². The number of fused-ring (bicyclic) bond motifs is 1. The minimum absolute atomic E-state index is 0.278. The van der Waals surface area contributed by atoms with Crippen LogP contribution < -0.4 is 9.64 Å². The number of rotatable bonds is 6. The third-order valence-electron chi connectivity index (χ3n) is 3.89. The summed E-state index contributed by atoms with van der Waals surface area (Å²) in [4.78, 5) is 18.3. The Labute approximate surface area is 156 Å². The van der Waals surface area contributed by atoms with Crippen LogP contribution in [0.1, 0.15) is 22.8 Å². The lowest BCUT2D eigenvalue weighted by molar-refractivity contribution is 0.0528. The van der Waals surface area contributed by atoms with Gasteiger partial charge < -0.3 is 14.4 Å². The fourth-order valence-electron chi connectivity index (χ4n) is 2.63. The number of benzene rings is 1. The van der Waals surface area contributed by atoms with Crippen LogP contribution >= 0.6 is 11.6 Å². The van der Waals surface area contributed by atoms with Crippen molar-refractivity contribution < 1.29 is 14.3 Å². The van der Waals surface area contributed by atoms with Crippen molar-refractivity contribution in [1.29, 1.82) is 0 Å². The molecule has 0 bridgehead atoms. The Morgan fingerprint density at radius 2 is 2.04 bits per heavy atom. The fraction of sp³-hybridized carbons (Fsp3) is 0.278. The van der Waals surface area contributed by atoms with E-state index in [0.29, 0.717) is 18.0 Å². The summed E-state index contributed by atoms with van der Waals surface area (Å²) in [5, 5.41) is 4.56. The van der Waals surface area contributed by atoms with Gasteiger partial charge in [-0.05, 0) is 24.6 Å². The lowest BCUT2D eigenvalue weighted by Gasteiger charge is -2.20. The summed E-state index contributed by atoms with van der Waals surface area (Å²) in [7, 11) is 3.55. The molecule has 0 radical (unpaired) electrons. The molecule has 0 aliphatic carbocycles. The highest BCUT2D eigenvalue weighted by molar-refractivity contribution is 6.29. The minimum atomic E-state index is -0.471. The van der Waals surface area contributed by atoms with Gasteiger partial charge in [0.1, 0.15) is 22.3 Å². The molecule has 0 fully saturated rings. The maximum absolute atomic E-state index is 12.1. The monoisotopic (exact) mass is 374 g/mol. The van der Waals surface area contributed by atoms with Crippen LogP contribution in [0, 0.1) is 0 Å². The molecule has 2 aromatic heterocycles. The molecule has 8 heteroatoms. The van der Waals surface area contributed by atoms with Gasteiger partial charge in [-0.2, -0.15) is 9.61 Å². The third-order valence-corrected chi connectivity index (χ3v) is 4.08. The van der Waals surface area contributed by atoms with E-state index in [9.17, 15) is 4.79 Å². The van der Waals surface area contributed by atoms with Crippen LogP contribution in [0.5, 0.6) is 5.75 Å². The normalized spacial score (nSPS) is 10.8. The lowest BCUT2D eigenvalue weighted by atomic mass is 10.2. The van der Waals surface area contributed by atoms with E-state index in [1.54, 1.807) is 24.6 Å². The molecule has 0 saturated heterocycles. The van der Waals surface area contributed by atoms with E-state index in [-0.39, 0.29) is 17.3 Å². The smallest absolute Gasteiger partial charge is 0.343 e. The summed E-state index contributed by atoms with van der Waals surface area (Å²) < 4.78 is 11.8. The molecule has 0 N–H and O–H groups in total. The van der Waals surface area contributed by atoms with Crippen LogP contribution in [-0.2, 0) is 11.3 Å². The van der Waals surface area contributed by atoms with Crippen molar-refractivity contribution in [1.82, 2.24) is 14.6 Å². The van der Waals surface area contributed by atoms with Crippen LogP contribution in [0.15, 0.2) is 36.5 Å². The molecule has 0 atom stereocenters. The van der Waals surface area contributed by atoms with Crippen LogP contribution in [0.25, 0.3) is 5.65 Å². The van der Waals surface area contributed by atoms with Crippen LogP contribution in [0.3, 0.4) is 0 Å². The Bertz CT molecular complexity index is 924. The highest BCUT2D eigenvalue weighted by Gasteiger charge is 2.19. The van der Waals surface area contributed by atoms with Crippen molar-refractivity contribution in [3.63, 3.8) is 0 Å². The molecule has 2 heterocycles. The zero-order valence-corrected chi connectivity index (χ0v) is 15.5. The van der Waals surface area contributed by atoms with Gasteiger partial charge in [0.25, 0.3) is 0 Å². The van der Waals surface area contributed by atoms with E-state index < -0.39 is 5.97 Å². The molecule has 136 valence electrons. The van der Waals surface area contributed by atoms with Crippen LogP contribution in [0.4, 0.5) is 5.82 Å². The topological polar surface area (TPSA) is 69.0 Å². The molecule has 0 aliphatic heterocycles. The number of nitrogens with zero attached hydrogens (tertiary/aromatic N) is 4. The molecule has 3 rings (SSSR count). The molecule has 0 amide bonds.